The van der Waals surface area contributed by atoms with Crippen LogP contribution in [-0.2, 0) is 11.2 Å². The van der Waals surface area contributed by atoms with E-state index < -0.39 is 0 Å². The van der Waals surface area contributed by atoms with E-state index in [-0.39, 0.29) is 0 Å². The monoisotopic (exact) mass is 250 g/mol. The summed E-state index contributed by atoms with van der Waals surface area (Å²) in [6.07, 6.45) is 1.97. The van der Waals surface area contributed by atoms with Gasteiger partial charge in [-0.25, -0.2) is 0 Å². The van der Waals surface area contributed by atoms with E-state index in [0.717, 1.165) is 25.2 Å². The van der Waals surface area contributed by atoms with Gasteiger partial charge in [-0.05, 0) is 34.9 Å². The van der Waals surface area contributed by atoms with Crippen LogP contribution in [-0.4, -0.2) is 20.3 Å². The molecule has 2 aromatic rings. The van der Waals surface area contributed by atoms with Crippen molar-refractivity contribution < 1.29 is 9.47 Å². The third-order valence-electron chi connectivity index (χ3n) is 2.74. The molecule has 0 spiro atoms. The van der Waals surface area contributed by atoms with Crippen molar-refractivity contribution >= 4 is 21.4 Å². The highest BCUT2D eigenvalue weighted by Crippen LogP contribution is 2.32. The van der Waals surface area contributed by atoms with Crippen molar-refractivity contribution in [1.29, 1.82) is 0 Å². The number of hydrogen-bond acceptors (Lipinski definition) is 3. The van der Waals surface area contributed by atoms with E-state index in [0.29, 0.717) is 6.61 Å². The van der Waals surface area contributed by atoms with E-state index in [2.05, 4.69) is 30.5 Å². The van der Waals surface area contributed by atoms with Crippen molar-refractivity contribution in [2.75, 3.05) is 20.3 Å². The zero-order valence-electron chi connectivity index (χ0n) is 10.4. The highest BCUT2D eigenvalue weighted by atomic mass is 32.1. The maximum atomic E-state index is 5.85. The fourth-order valence-corrected chi connectivity index (χ4v) is 2.65. The number of rotatable bonds is 6. The molecule has 0 saturated carbocycles. The van der Waals surface area contributed by atoms with Crippen molar-refractivity contribution in [1.82, 2.24) is 0 Å². The van der Waals surface area contributed by atoms with Crippen LogP contribution >= 0.6 is 11.3 Å². The Kier molecular flexibility index (Phi) is 4.40. The van der Waals surface area contributed by atoms with Gasteiger partial charge in [0, 0.05) is 20.1 Å². The van der Waals surface area contributed by atoms with Crippen molar-refractivity contribution in [2.45, 2.75) is 19.8 Å². The summed E-state index contributed by atoms with van der Waals surface area (Å²) in [5.74, 6) is 1.02. The van der Waals surface area contributed by atoms with Crippen LogP contribution in [0.5, 0.6) is 5.75 Å². The van der Waals surface area contributed by atoms with Gasteiger partial charge in [-0.2, -0.15) is 0 Å². The number of ether oxygens (including phenoxy) is 2. The Balaban J connectivity index is 2.16. The molecule has 0 fully saturated rings. The van der Waals surface area contributed by atoms with Gasteiger partial charge in [0.2, 0.25) is 0 Å². The molecule has 17 heavy (non-hydrogen) atoms. The van der Waals surface area contributed by atoms with Crippen LogP contribution in [0.15, 0.2) is 23.6 Å². The van der Waals surface area contributed by atoms with Crippen LogP contribution in [0.2, 0.25) is 0 Å². The molecule has 92 valence electrons. The zero-order chi connectivity index (χ0) is 12.1. The second-order valence-electron chi connectivity index (χ2n) is 3.98. The maximum Gasteiger partial charge on any atom is 0.137 e. The second kappa shape index (κ2) is 6.03. The lowest BCUT2D eigenvalue weighted by atomic mass is 10.1. The quantitative estimate of drug-likeness (QED) is 0.724. The smallest absolute Gasteiger partial charge is 0.137 e. The van der Waals surface area contributed by atoms with E-state index in [4.69, 9.17) is 9.47 Å². The molecule has 1 aromatic heterocycles. The van der Waals surface area contributed by atoms with E-state index in [1.54, 1.807) is 18.4 Å². The van der Waals surface area contributed by atoms with Crippen molar-refractivity contribution in [2.24, 2.45) is 0 Å². The molecule has 0 bridgehead atoms. The highest BCUT2D eigenvalue weighted by Gasteiger charge is 2.06. The molecule has 0 atom stereocenters. The van der Waals surface area contributed by atoms with E-state index in [1.165, 1.54) is 15.6 Å². The number of methoxy groups -OCH3 is 1. The lowest BCUT2D eigenvalue weighted by Crippen LogP contribution is -2.01. The van der Waals surface area contributed by atoms with Crippen LogP contribution in [0.1, 0.15) is 18.9 Å². The Morgan fingerprint density at radius 2 is 2.12 bits per heavy atom. The van der Waals surface area contributed by atoms with Gasteiger partial charge in [0.1, 0.15) is 5.75 Å². The molecule has 1 aromatic carbocycles. The highest BCUT2D eigenvalue weighted by molar-refractivity contribution is 7.17. The summed E-state index contributed by atoms with van der Waals surface area (Å²) >= 11 is 1.74. The van der Waals surface area contributed by atoms with Crippen molar-refractivity contribution in [3.05, 3.63) is 29.1 Å². The Morgan fingerprint density at radius 3 is 2.88 bits per heavy atom. The van der Waals surface area contributed by atoms with Crippen LogP contribution in [0.3, 0.4) is 0 Å². The average Bonchev–Trinajstić information content (AvgIpc) is 2.82. The summed E-state index contributed by atoms with van der Waals surface area (Å²) in [5, 5.41) is 3.41. The van der Waals surface area contributed by atoms with E-state index >= 15 is 0 Å². The molecule has 0 amide bonds. The van der Waals surface area contributed by atoms with Gasteiger partial charge >= 0.3 is 0 Å². The Labute approximate surface area is 106 Å². The SMILES string of the molecule is CCc1cc(OCCCOC)c2sccc2c1. The molecule has 0 unspecified atom stereocenters. The summed E-state index contributed by atoms with van der Waals surface area (Å²) < 4.78 is 12.1. The minimum absolute atomic E-state index is 0.716. The molecule has 0 saturated heterocycles. The molecular weight excluding hydrogens is 232 g/mol. The molecule has 1 heterocycles. The van der Waals surface area contributed by atoms with Crippen LogP contribution in [0, 0.1) is 0 Å². The standard InChI is InChI=1S/C14H18O2S/c1-3-11-9-12-5-8-17-14(12)13(10-11)16-7-4-6-15-2/h5,8-10H,3-4,6-7H2,1-2H3. The predicted molar refractivity (Wildman–Crippen MR) is 73.2 cm³/mol. The minimum Gasteiger partial charge on any atom is -0.492 e. The molecule has 0 N–H and O–H groups in total. The van der Waals surface area contributed by atoms with Gasteiger partial charge < -0.3 is 9.47 Å². The Hall–Kier alpha value is -1.06. The van der Waals surface area contributed by atoms with E-state index in [9.17, 15) is 0 Å². The topological polar surface area (TPSA) is 18.5 Å². The van der Waals surface area contributed by atoms with Crippen LogP contribution in [0.4, 0.5) is 0 Å². The average molecular weight is 250 g/mol. The first-order valence-corrected chi connectivity index (χ1v) is 6.85. The number of benzene rings is 1. The van der Waals surface area contributed by atoms with Crippen molar-refractivity contribution in [3.63, 3.8) is 0 Å². The van der Waals surface area contributed by atoms with Gasteiger partial charge in [-0.3, -0.25) is 0 Å². The minimum atomic E-state index is 0.716. The first-order chi connectivity index (χ1) is 8.35. The van der Waals surface area contributed by atoms with Gasteiger partial charge in [0.15, 0.2) is 0 Å². The van der Waals surface area contributed by atoms with Crippen LogP contribution in [0.25, 0.3) is 10.1 Å². The summed E-state index contributed by atoms with van der Waals surface area (Å²) in [6.45, 7) is 3.64. The van der Waals surface area contributed by atoms with Gasteiger partial charge in [0.25, 0.3) is 0 Å². The maximum absolute atomic E-state index is 5.85. The fourth-order valence-electron chi connectivity index (χ4n) is 1.81. The molecule has 2 nitrogen and oxygen atoms in total. The molecule has 2 rings (SSSR count). The second-order valence-corrected chi connectivity index (χ2v) is 4.90. The first kappa shape index (κ1) is 12.4. The number of thiophene rings is 1. The normalized spacial score (nSPS) is 10.9. The largest absolute Gasteiger partial charge is 0.492 e. The van der Waals surface area contributed by atoms with Gasteiger partial charge in [-0.15, -0.1) is 11.3 Å². The molecular formula is C14H18O2S. The van der Waals surface area contributed by atoms with Crippen LogP contribution < -0.4 is 4.74 Å². The van der Waals surface area contributed by atoms with Crippen molar-refractivity contribution in [3.8, 4) is 5.75 Å². The molecule has 0 aliphatic heterocycles. The predicted octanol–water partition coefficient (Wildman–Crippen LogP) is 3.88. The number of hydrogen-bond donors (Lipinski definition) is 0. The lowest BCUT2D eigenvalue weighted by Gasteiger charge is -2.09. The first-order valence-electron chi connectivity index (χ1n) is 5.97. The zero-order valence-corrected chi connectivity index (χ0v) is 11.2. The molecule has 0 aliphatic carbocycles. The number of fused-ring (bicyclic) bond motifs is 1. The summed E-state index contributed by atoms with van der Waals surface area (Å²) in [5.41, 5.74) is 1.33. The third kappa shape index (κ3) is 2.99. The summed E-state index contributed by atoms with van der Waals surface area (Å²) in [6, 6.07) is 6.56. The summed E-state index contributed by atoms with van der Waals surface area (Å²) in [7, 11) is 1.72. The molecule has 0 radical (unpaired) electrons. The fraction of sp³-hybridized carbons (Fsp3) is 0.429. The molecule has 3 heteroatoms. The Morgan fingerprint density at radius 1 is 1.24 bits per heavy atom. The van der Waals surface area contributed by atoms with Gasteiger partial charge in [-0.1, -0.05) is 13.0 Å². The van der Waals surface area contributed by atoms with Gasteiger partial charge in [0.05, 0.1) is 11.3 Å². The Bertz CT molecular complexity index is 476. The number of aryl methyl sites for hydroxylation is 1. The summed E-state index contributed by atoms with van der Waals surface area (Å²) in [4.78, 5) is 0. The third-order valence-corrected chi connectivity index (χ3v) is 3.68. The lowest BCUT2D eigenvalue weighted by molar-refractivity contribution is 0.172. The van der Waals surface area contributed by atoms with E-state index in [1.807, 2.05) is 0 Å². The molecule has 0 aliphatic rings.